The zero-order valence-electron chi connectivity index (χ0n) is 13.9. The summed E-state index contributed by atoms with van der Waals surface area (Å²) in [5.41, 5.74) is -0.137. The Hall–Kier alpha value is -2.02. The molecular formula is C17H23F2N3O2. The van der Waals surface area contributed by atoms with Gasteiger partial charge in [0.25, 0.3) is 5.91 Å². The van der Waals surface area contributed by atoms with Crippen LogP contribution in [0.15, 0.2) is 18.2 Å². The van der Waals surface area contributed by atoms with E-state index >= 15 is 0 Å². The van der Waals surface area contributed by atoms with E-state index in [9.17, 15) is 18.4 Å². The summed E-state index contributed by atoms with van der Waals surface area (Å²) in [4.78, 5) is 25.9. The molecule has 5 nitrogen and oxygen atoms in total. The summed E-state index contributed by atoms with van der Waals surface area (Å²) in [5.74, 6) is -2.19. The van der Waals surface area contributed by atoms with Crippen molar-refractivity contribution in [1.29, 1.82) is 0 Å². The molecule has 0 aromatic heterocycles. The fourth-order valence-corrected chi connectivity index (χ4v) is 2.68. The van der Waals surface area contributed by atoms with Gasteiger partial charge in [-0.15, -0.1) is 0 Å². The molecule has 0 spiro atoms. The largest absolute Gasteiger partial charge is 0.354 e. The lowest BCUT2D eigenvalue weighted by atomic mass is 9.95. The molecule has 1 saturated heterocycles. The molecule has 2 N–H and O–H groups in total. The standard InChI is InChI=1S/C17H23F2N3O2/c1-11(20-2)10-21-16(23)12-5-7-22(8-6-12)17(24)14-4-3-13(18)9-15(14)19/h3-4,9,11-12,20H,5-8,10H2,1-2H3,(H,21,23). The van der Waals surface area contributed by atoms with Gasteiger partial charge in [-0.1, -0.05) is 0 Å². The number of benzene rings is 1. The summed E-state index contributed by atoms with van der Waals surface area (Å²) < 4.78 is 26.6. The van der Waals surface area contributed by atoms with Crippen LogP contribution < -0.4 is 10.6 Å². The Morgan fingerprint density at radius 2 is 1.96 bits per heavy atom. The number of piperidine rings is 1. The van der Waals surface area contributed by atoms with Crippen LogP contribution in [0.2, 0.25) is 0 Å². The molecule has 24 heavy (non-hydrogen) atoms. The molecule has 2 amide bonds. The SMILES string of the molecule is CNC(C)CNC(=O)C1CCN(C(=O)c2ccc(F)cc2F)CC1. The van der Waals surface area contributed by atoms with Crippen molar-refractivity contribution in [3.8, 4) is 0 Å². The maximum atomic E-state index is 13.7. The summed E-state index contributed by atoms with van der Waals surface area (Å²) >= 11 is 0. The van der Waals surface area contributed by atoms with E-state index in [0.29, 0.717) is 38.5 Å². The Labute approximate surface area is 140 Å². The minimum atomic E-state index is -0.860. The fraction of sp³-hybridized carbons (Fsp3) is 0.529. The smallest absolute Gasteiger partial charge is 0.256 e. The molecule has 1 atom stereocenters. The molecule has 7 heteroatoms. The third-order valence-electron chi connectivity index (χ3n) is 4.39. The van der Waals surface area contributed by atoms with E-state index < -0.39 is 17.5 Å². The fourth-order valence-electron chi connectivity index (χ4n) is 2.68. The minimum absolute atomic E-state index is 0.0165. The highest BCUT2D eigenvalue weighted by Gasteiger charge is 2.28. The Kier molecular flexibility index (Phi) is 6.25. The van der Waals surface area contributed by atoms with E-state index in [0.717, 1.165) is 12.1 Å². The molecule has 2 rings (SSSR count). The normalized spacial score (nSPS) is 16.8. The molecule has 1 aliphatic rings. The number of likely N-dealkylation sites (tertiary alicyclic amines) is 1. The highest BCUT2D eigenvalue weighted by Crippen LogP contribution is 2.20. The van der Waals surface area contributed by atoms with Gasteiger partial charge in [-0.2, -0.15) is 0 Å². The number of likely N-dealkylation sites (N-methyl/N-ethyl adjacent to an activating group) is 1. The molecule has 1 aliphatic heterocycles. The topological polar surface area (TPSA) is 61.4 Å². The predicted octanol–water partition coefficient (Wildman–Crippen LogP) is 1.54. The number of carbonyl (C=O) groups excluding carboxylic acids is 2. The van der Waals surface area contributed by atoms with Crippen molar-refractivity contribution in [2.45, 2.75) is 25.8 Å². The van der Waals surface area contributed by atoms with Gasteiger partial charge in [0.15, 0.2) is 0 Å². The van der Waals surface area contributed by atoms with E-state index in [-0.39, 0.29) is 23.4 Å². The van der Waals surface area contributed by atoms with Crippen molar-refractivity contribution in [2.24, 2.45) is 5.92 Å². The highest BCUT2D eigenvalue weighted by atomic mass is 19.1. The van der Waals surface area contributed by atoms with E-state index in [1.807, 2.05) is 14.0 Å². The van der Waals surface area contributed by atoms with E-state index in [1.165, 1.54) is 4.90 Å². The first kappa shape index (κ1) is 18.3. The van der Waals surface area contributed by atoms with Crippen LogP contribution in [0, 0.1) is 17.6 Å². The quantitative estimate of drug-likeness (QED) is 0.855. The molecule has 132 valence electrons. The third kappa shape index (κ3) is 4.50. The lowest BCUT2D eigenvalue weighted by Crippen LogP contribution is -2.45. The molecule has 1 aromatic rings. The Balaban J connectivity index is 1.88. The summed E-state index contributed by atoms with van der Waals surface area (Å²) in [7, 11) is 1.83. The zero-order valence-corrected chi connectivity index (χ0v) is 13.9. The second-order valence-electron chi connectivity index (χ2n) is 6.13. The summed E-state index contributed by atoms with van der Waals surface area (Å²) in [6.45, 7) is 3.29. The van der Waals surface area contributed by atoms with Crippen LogP contribution >= 0.6 is 0 Å². The van der Waals surface area contributed by atoms with E-state index in [1.54, 1.807) is 0 Å². The maximum Gasteiger partial charge on any atom is 0.256 e. The molecule has 1 unspecified atom stereocenters. The zero-order chi connectivity index (χ0) is 17.7. The Morgan fingerprint density at radius 3 is 2.54 bits per heavy atom. The first-order chi connectivity index (χ1) is 11.4. The average Bonchev–Trinajstić information content (AvgIpc) is 2.59. The third-order valence-corrected chi connectivity index (χ3v) is 4.39. The van der Waals surface area contributed by atoms with Crippen molar-refractivity contribution >= 4 is 11.8 Å². The molecule has 0 aliphatic carbocycles. The minimum Gasteiger partial charge on any atom is -0.354 e. The van der Waals surface area contributed by atoms with Crippen molar-refractivity contribution in [1.82, 2.24) is 15.5 Å². The number of nitrogens with zero attached hydrogens (tertiary/aromatic N) is 1. The van der Waals surface area contributed by atoms with Crippen LogP contribution in [0.5, 0.6) is 0 Å². The maximum absolute atomic E-state index is 13.7. The molecule has 0 saturated carbocycles. The number of nitrogens with one attached hydrogen (secondary N) is 2. The Morgan fingerprint density at radius 1 is 1.29 bits per heavy atom. The van der Waals surface area contributed by atoms with Gasteiger partial charge in [-0.05, 0) is 38.9 Å². The molecule has 1 fully saturated rings. The van der Waals surface area contributed by atoms with E-state index in [4.69, 9.17) is 0 Å². The number of amides is 2. The van der Waals surface area contributed by atoms with Crippen LogP contribution in [-0.4, -0.2) is 49.4 Å². The second-order valence-corrected chi connectivity index (χ2v) is 6.13. The summed E-state index contributed by atoms with van der Waals surface area (Å²) in [5, 5.41) is 5.93. The summed E-state index contributed by atoms with van der Waals surface area (Å²) in [6, 6.07) is 3.12. The number of carbonyl (C=O) groups is 2. The van der Waals surface area contributed by atoms with Gasteiger partial charge >= 0.3 is 0 Å². The van der Waals surface area contributed by atoms with Crippen LogP contribution in [0.25, 0.3) is 0 Å². The first-order valence-corrected chi connectivity index (χ1v) is 8.11. The van der Waals surface area contributed by atoms with Gasteiger partial charge in [-0.25, -0.2) is 8.78 Å². The molecular weight excluding hydrogens is 316 g/mol. The van der Waals surface area contributed by atoms with Crippen LogP contribution in [0.4, 0.5) is 8.78 Å². The monoisotopic (exact) mass is 339 g/mol. The molecule has 0 radical (unpaired) electrons. The van der Waals surface area contributed by atoms with Gasteiger partial charge in [0.2, 0.25) is 5.91 Å². The Bertz CT molecular complexity index is 601. The summed E-state index contributed by atoms with van der Waals surface area (Å²) in [6.07, 6.45) is 1.07. The number of hydrogen-bond acceptors (Lipinski definition) is 3. The number of rotatable bonds is 5. The van der Waals surface area contributed by atoms with Crippen molar-refractivity contribution in [3.63, 3.8) is 0 Å². The van der Waals surface area contributed by atoms with Crippen LogP contribution in [-0.2, 0) is 4.79 Å². The van der Waals surface area contributed by atoms with Gasteiger partial charge in [0, 0.05) is 37.7 Å². The lowest BCUT2D eigenvalue weighted by Gasteiger charge is -2.31. The van der Waals surface area contributed by atoms with Gasteiger partial charge in [0.1, 0.15) is 11.6 Å². The van der Waals surface area contributed by atoms with Crippen LogP contribution in [0.1, 0.15) is 30.1 Å². The first-order valence-electron chi connectivity index (χ1n) is 8.11. The van der Waals surface area contributed by atoms with Crippen molar-refractivity contribution in [3.05, 3.63) is 35.4 Å². The lowest BCUT2D eigenvalue weighted by molar-refractivity contribution is -0.126. The van der Waals surface area contributed by atoms with Crippen molar-refractivity contribution in [2.75, 3.05) is 26.7 Å². The van der Waals surface area contributed by atoms with E-state index in [2.05, 4.69) is 10.6 Å². The predicted molar refractivity (Wildman–Crippen MR) is 86.5 cm³/mol. The number of hydrogen-bond donors (Lipinski definition) is 2. The molecule has 0 bridgehead atoms. The van der Waals surface area contributed by atoms with Gasteiger partial charge in [-0.3, -0.25) is 9.59 Å². The second kappa shape index (κ2) is 8.19. The molecule has 1 aromatic carbocycles. The average molecular weight is 339 g/mol. The van der Waals surface area contributed by atoms with Gasteiger partial charge < -0.3 is 15.5 Å². The number of halogens is 2. The van der Waals surface area contributed by atoms with Gasteiger partial charge in [0.05, 0.1) is 5.56 Å². The van der Waals surface area contributed by atoms with Crippen molar-refractivity contribution < 1.29 is 18.4 Å². The van der Waals surface area contributed by atoms with Crippen LogP contribution in [0.3, 0.4) is 0 Å². The highest BCUT2D eigenvalue weighted by molar-refractivity contribution is 5.94. The molecule has 1 heterocycles.